The number of phenols is 2. The van der Waals surface area contributed by atoms with Crippen LogP contribution in [-0.4, -0.2) is 33.4 Å². The summed E-state index contributed by atoms with van der Waals surface area (Å²) in [5, 5.41) is 22.3. The summed E-state index contributed by atoms with van der Waals surface area (Å²) in [4.78, 5) is 15.6. The monoisotopic (exact) mass is 447 g/mol. The molecule has 0 fully saturated rings. The van der Waals surface area contributed by atoms with Crippen molar-refractivity contribution in [2.24, 2.45) is 0 Å². The van der Waals surface area contributed by atoms with E-state index in [-0.39, 0.29) is 29.4 Å². The third-order valence-corrected chi connectivity index (χ3v) is 3.69. The van der Waals surface area contributed by atoms with Gasteiger partial charge in [-0.05, 0) is 39.8 Å². The lowest BCUT2D eigenvalue weighted by molar-refractivity contribution is 0.0535. The highest BCUT2D eigenvalue weighted by molar-refractivity contribution is 5.68. The number of hydrogen-bond acceptors (Lipinski definition) is 7. The zero-order valence-corrected chi connectivity index (χ0v) is 19.1. The second-order valence-corrected chi connectivity index (χ2v) is 7.35. The van der Waals surface area contributed by atoms with Gasteiger partial charge in [-0.1, -0.05) is 25.7 Å². The Morgan fingerprint density at radius 3 is 2.59 bits per heavy atom. The lowest BCUT2D eigenvalue weighted by Crippen LogP contribution is -2.32. The summed E-state index contributed by atoms with van der Waals surface area (Å²) in [6, 6.07) is 3.57. The van der Waals surface area contributed by atoms with Crippen LogP contribution in [0, 0.1) is 17.7 Å². The predicted molar refractivity (Wildman–Crippen MR) is 120 cm³/mol. The van der Waals surface area contributed by atoms with Crippen LogP contribution in [0.4, 0.5) is 15.0 Å². The predicted octanol–water partition coefficient (Wildman–Crippen LogP) is 4.26. The molecule has 0 aliphatic heterocycles. The summed E-state index contributed by atoms with van der Waals surface area (Å²) in [6.45, 7) is 10.8. The fourth-order valence-corrected chi connectivity index (χ4v) is 2.42. The minimum atomic E-state index is -0.929. The summed E-state index contributed by atoms with van der Waals surface area (Å²) < 4.78 is 24.4. The molecule has 1 unspecified atom stereocenters. The largest absolute Gasteiger partial charge is 0.507 e. The van der Waals surface area contributed by atoms with Gasteiger partial charge in [0.1, 0.15) is 17.5 Å². The maximum Gasteiger partial charge on any atom is 0.408 e. The average molecular weight is 448 g/mol. The van der Waals surface area contributed by atoms with Gasteiger partial charge in [-0.3, -0.25) is 0 Å². The minimum absolute atomic E-state index is 0.0506. The van der Waals surface area contributed by atoms with Crippen molar-refractivity contribution in [3.63, 3.8) is 0 Å². The van der Waals surface area contributed by atoms with Gasteiger partial charge in [0.05, 0.1) is 12.1 Å². The number of nitrogens with zero attached hydrogens (tertiary/aromatic N) is 1. The van der Waals surface area contributed by atoms with Crippen LogP contribution in [0.25, 0.3) is 0 Å². The number of carbonyl (C=O) groups excluding carboxylic acids is 1. The number of ether oxygens (including phenoxy) is 2. The highest BCUT2D eigenvalue weighted by Crippen LogP contribution is 2.37. The van der Waals surface area contributed by atoms with Gasteiger partial charge in [0, 0.05) is 17.8 Å². The zero-order chi connectivity index (χ0) is 24.5. The van der Waals surface area contributed by atoms with Gasteiger partial charge in [-0.2, -0.15) is 0 Å². The number of anilines is 1. The highest BCUT2D eigenvalue weighted by atomic mass is 19.1. The number of phenolic OH excluding ortho intramolecular Hbond substituents is 2. The third kappa shape index (κ3) is 7.87. The van der Waals surface area contributed by atoms with E-state index in [0.29, 0.717) is 5.56 Å². The van der Waals surface area contributed by atoms with Crippen LogP contribution in [0.15, 0.2) is 24.4 Å². The molecular weight excluding hydrogens is 417 g/mol. The van der Waals surface area contributed by atoms with Crippen molar-refractivity contribution in [1.29, 1.82) is 0 Å². The molecule has 2 rings (SSSR count). The van der Waals surface area contributed by atoms with Crippen molar-refractivity contribution in [3.05, 3.63) is 41.3 Å². The molecule has 1 aromatic carbocycles. The molecule has 0 aliphatic carbocycles. The van der Waals surface area contributed by atoms with Gasteiger partial charge in [-0.15, -0.1) is 0 Å². The quantitative estimate of drug-likeness (QED) is 0.516. The van der Waals surface area contributed by atoms with Gasteiger partial charge < -0.3 is 30.7 Å². The fraction of sp³-hybridized carbons (Fsp3) is 0.391. The molecule has 9 heteroatoms. The lowest BCUT2D eigenvalue weighted by atomic mass is 10.1. The Morgan fingerprint density at radius 2 is 1.97 bits per heavy atom. The number of amides is 1. The van der Waals surface area contributed by atoms with Crippen LogP contribution in [-0.2, 0) is 4.74 Å². The number of halogens is 1. The van der Waals surface area contributed by atoms with E-state index in [2.05, 4.69) is 22.1 Å². The normalized spacial score (nSPS) is 11.2. The Labute approximate surface area is 187 Å². The van der Waals surface area contributed by atoms with Crippen molar-refractivity contribution in [2.45, 2.75) is 53.2 Å². The van der Waals surface area contributed by atoms with Gasteiger partial charge in [0.2, 0.25) is 0 Å². The average Bonchev–Trinajstić information content (AvgIpc) is 2.71. The molecule has 174 valence electrons. The van der Waals surface area contributed by atoms with Crippen LogP contribution in [0.5, 0.6) is 17.2 Å². The van der Waals surface area contributed by atoms with Crippen LogP contribution >= 0.6 is 0 Å². The van der Waals surface area contributed by atoms with Crippen LogP contribution in [0.1, 0.15) is 58.8 Å². The molecule has 32 heavy (non-hydrogen) atoms. The Bertz CT molecular complexity index is 994. The number of nitrogens with two attached hydrogens (primary N) is 1. The van der Waals surface area contributed by atoms with Crippen molar-refractivity contribution in [2.75, 3.05) is 12.3 Å². The van der Waals surface area contributed by atoms with E-state index in [4.69, 9.17) is 15.2 Å². The van der Waals surface area contributed by atoms with E-state index in [1.54, 1.807) is 20.8 Å². The van der Waals surface area contributed by atoms with Gasteiger partial charge in [0.25, 0.3) is 0 Å². The Morgan fingerprint density at radius 1 is 1.31 bits per heavy atom. The van der Waals surface area contributed by atoms with Crippen LogP contribution < -0.4 is 15.8 Å². The second kappa shape index (κ2) is 11.6. The molecule has 1 heterocycles. The number of benzene rings is 1. The number of alkyl carbamates (subject to hydrolysis) is 1. The molecule has 0 radical (unpaired) electrons. The van der Waals surface area contributed by atoms with E-state index >= 15 is 0 Å². The minimum Gasteiger partial charge on any atom is -0.507 e. The molecule has 0 aliphatic rings. The first kappa shape index (κ1) is 26.4. The first-order valence-electron chi connectivity index (χ1n) is 10.1. The number of carbonyl (C=O) groups is 1. The first-order valence-corrected chi connectivity index (χ1v) is 10.1. The molecule has 0 bridgehead atoms. The summed E-state index contributed by atoms with van der Waals surface area (Å²) in [7, 11) is 0. The van der Waals surface area contributed by atoms with Crippen molar-refractivity contribution in [3.8, 4) is 29.1 Å². The number of nitrogen functional groups attached to an aromatic ring is 1. The summed E-state index contributed by atoms with van der Waals surface area (Å²) >= 11 is 0. The fourth-order valence-electron chi connectivity index (χ4n) is 2.42. The van der Waals surface area contributed by atoms with Crippen molar-refractivity contribution < 1.29 is 28.9 Å². The molecule has 0 spiro atoms. The summed E-state index contributed by atoms with van der Waals surface area (Å²) in [5.74, 6) is 3.81. The number of aromatic hydroxyl groups is 2. The smallest absolute Gasteiger partial charge is 0.408 e. The van der Waals surface area contributed by atoms with Crippen LogP contribution in [0.2, 0.25) is 0 Å². The Kier molecular flexibility index (Phi) is 9.60. The number of rotatable bonds is 4. The number of aromatic nitrogens is 1. The van der Waals surface area contributed by atoms with Gasteiger partial charge in [0.15, 0.2) is 23.1 Å². The van der Waals surface area contributed by atoms with E-state index in [1.807, 2.05) is 13.8 Å². The summed E-state index contributed by atoms with van der Waals surface area (Å²) in [6.07, 6.45) is -0.0913. The highest BCUT2D eigenvalue weighted by Gasteiger charge is 2.21. The summed E-state index contributed by atoms with van der Waals surface area (Å²) in [5.41, 5.74) is 5.54. The molecule has 8 nitrogen and oxygen atoms in total. The molecular formula is C23H30FN3O5. The van der Waals surface area contributed by atoms with E-state index in [1.165, 1.54) is 19.2 Å². The number of hydrogen-bond donors (Lipinski definition) is 4. The number of nitrogens with one attached hydrogen (secondary N) is 1. The van der Waals surface area contributed by atoms with Gasteiger partial charge in [-0.25, -0.2) is 14.2 Å². The molecule has 0 saturated carbocycles. The first-order chi connectivity index (χ1) is 15.0. The van der Waals surface area contributed by atoms with E-state index < -0.39 is 29.4 Å². The number of pyridine rings is 1. The third-order valence-electron chi connectivity index (χ3n) is 3.69. The molecule has 0 saturated heterocycles. The SMILES string of the molecule is CC.CC(Oc1cc(C#CCNC(=O)OC(C)(C)C)cnc1N)c1c(O)ccc(F)c1O. The van der Waals surface area contributed by atoms with E-state index in [9.17, 15) is 19.4 Å². The maximum absolute atomic E-state index is 13.6. The Hall–Kier alpha value is -3.67. The standard InChI is InChI=1S/C21H24FN3O5.C2H6/c1-12(17-15(26)8-7-14(22)18(17)27)29-16-10-13(11-25-19(16)23)6-5-9-24-20(28)30-21(2,3)4;1-2/h7-8,10-12,26-27H,9H2,1-4H3,(H2,23,25)(H,24,28);1-2H3. The molecule has 5 N–H and O–H groups in total. The van der Waals surface area contributed by atoms with Crippen LogP contribution in [0.3, 0.4) is 0 Å². The lowest BCUT2D eigenvalue weighted by Gasteiger charge is -2.19. The molecule has 1 amide bonds. The second-order valence-electron chi connectivity index (χ2n) is 7.35. The van der Waals surface area contributed by atoms with Crippen molar-refractivity contribution in [1.82, 2.24) is 10.3 Å². The van der Waals surface area contributed by atoms with Crippen molar-refractivity contribution >= 4 is 11.9 Å². The topological polar surface area (TPSA) is 127 Å². The molecule has 1 aromatic heterocycles. The zero-order valence-electron chi connectivity index (χ0n) is 19.1. The molecule has 1 atom stereocenters. The Balaban J connectivity index is 0.00000249. The maximum atomic E-state index is 13.6. The van der Waals surface area contributed by atoms with E-state index in [0.717, 1.165) is 12.1 Å². The van der Waals surface area contributed by atoms with Gasteiger partial charge >= 0.3 is 6.09 Å². The molecule has 2 aromatic rings.